The highest BCUT2D eigenvalue weighted by molar-refractivity contribution is 5.41. The Morgan fingerprint density at radius 1 is 1.30 bits per heavy atom. The van der Waals surface area contributed by atoms with E-state index in [2.05, 4.69) is 15.2 Å². The average molecular weight is 137 g/mol. The van der Waals surface area contributed by atoms with Crippen LogP contribution < -0.4 is 0 Å². The Morgan fingerprint density at radius 3 is 2.90 bits per heavy atom. The molecule has 5 nitrogen and oxygen atoms in total. The summed E-state index contributed by atoms with van der Waals surface area (Å²) in [6.07, 6.45) is 3.98. The number of rotatable bonds is 1. The van der Waals surface area contributed by atoms with Crippen LogP contribution in [0.5, 0.6) is 0 Å². The predicted molar refractivity (Wildman–Crippen MR) is 29.8 cm³/mol. The molecule has 0 atom stereocenters. The van der Waals surface area contributed by atoms with E-state index in [1.54, 1.807) is 0 Å². The summed E-state index contributed by atoms with van der Waals surface area (Å²) in [4.78, 5) is 3.80. The van der Waals surface area contributed by atoms with Crippen LogP contribution in [-0.2, 0) is 0 Å². The Bertz CT molecular complexity index is 254. The monoisotopic (exact) mass is 137 g/mol. The molecule has 0 aromatic carbocycles. The molecule has 0 aliphatic carbocycles. The molecule has 2 aromatic rings. The smallest absolute Gasteiger partial charge is 0.269 e. The summed E-state index contributed by atoms with van der Waals surface area (Å²) in [5.41, 5.74) is 0.553. The van der Waals surface area contributed by atoms with E-state index in [0.29, 0.717) is 11.6 Å². The van der Waals surface area contributed by atoms with Gasteiger partial charge in [-0.2, -0.15) is 0 Å². The van der Waals surface area contributed by atoms with Crippen molar-refractivity contribution in [3.05, 3.63) is 19.1 Å². The molecule has 0 unspecified atom stereocenters. The average Bonchev–Trinajstić information content (AvgIpc) is 2.59. The minimum atomic E-state index is 0.369. The summed E-state index contributed by atoms with van der Waals surface area (Å²) >= 11 is 0. The van der Waals surface area contributed by atoms with Crippen molar-refractivity contribution in [2.24, 2.45) is 0 Å². The van der Waals surface area contributed by atoms with E-state index in [4.69, 9.17) is 8.83 Å². The number of aromatic nitrogens is 3. The van der Waals surface area contributed by atoms with E-state index in [1.165, 1.54) is 19.1 Å². The number of nitrogens with zero attached hydrogens (tertiary/aromatic N) is 3. The highest BCUT2D eigenvalue weighted by atomic mass is 16.4. The molecule has 0 saturated heterocycles. The van der Waals surface area contributed by atoms with Crippen LogP contribution in [0.4, 0.5) is 0 Å². The van der Waals surface area contributed by atoms with Gasteiger partial charge in [-0.15, -0.1) is 10.2 Å². The van der Waals surface area contributed by atoms with Crippen LogP contribution in [0.3, 0.4) is 0 Å². The Hall–Kier alpha value is -1.65. The first-order chi connectivity index (χ1) is 4.97. The van der Waals surface area contributed by atoms with Crippen LogP contribution in [0, 0.1) is 0 Å². The van der Waals surface area contributed by atoms with Gasteiger partial charge in [0.25, 0.3) is 5.89 Å². The van der Waals surface area contributed by atoms with E-state index < -0.39 is 0 Å². The van der Waals surface area contributed by atoms with E-state index in [0.717, 1.165) is 0 Å². The third kappa shape index (κ3) is 0.680. The minimum Gasteiger partial charge on any atom is -0.451 e. The maximum absolute atomic E-state index is 4.83. The third-order valence-corrected chi connectivity index (χ3v) is 1.01. The summed E-state index contributed by atoms with van der Waals surface area (Å²) in [6.45, 7) is 0. The van der Waals surface area contributed by atoms with Crippen molar-refractivity contribution in [1.29, 1.82) is 0 Å². The van der Waals surface area contributed by atoms with Gasteiger partial charge in [0.05, 0.1) is 0 Å². The maximum atomic E-state index is 4.83. The fraction of sp³-hybridized carbons (Fsp3) is 0. The molecule has 0 N–H and O–H groups in total. The summed E-state index contributed by atoms with van der Waals surface area (Å²) < 4.78 is 9.53. The lowest BCUT2D eigenvalue weighted by molar-refractivity contribution is 0.552. The summed E-state index contributed by atoms with van der Waals surface area (Å²) in [6, 6.07) is 0. The highest BCUT2D eigenvalue weighted by Gasteiger charge is 2.04. The second-order valence-electron chi connectivity index (χ2n) is 1.62. The van der Waals surface area contributed by atoms with E-state index in [-0.39, 0.29) is 0 Å². The van der Waals surface area contributed by atoms with Gasteiger partial charge < -0.3 is 8.83 Å². The molecule has 0 amide bonds. The number of hydrogen-bond donors (Lipinski definition) is 0. The fourth-order valence-electron chi connectivity index (χ4n) is 0.603. The van der Waals surface area contributed by atoms with Gasteiger partial charge in [0, 0.05) is 0 Å². The van der Waals surface area contributed by atoms with Crippen molar-refractivity contribution in [3.8, 4) is 11.6 Å². The quantitative estimate of drug-likeness (QED) is 0.579. The molecule has 2 heterocycles. The molecule has 2 rings (SSSR count). The molecule has 0 aliphatic rings. The van der Waals surface area contributed by atoms with Gasteiger partial charge in [0.1, 0.15) is 6.26 Å². The second-order valence-corrected chi connectivity index (χ2v) is 1.62. The van der Waals surface area contributed by atoms with Crippen molar-refractivity contribution < 1.29 is 8.83 Å². The van der Waals surface area contributed by atoms with Crippen molar-refractivity contribution in [3.63, 3.8) is 0 Å². The summed E-state index contributed by atoms with van der Waals surface area (Å²) in [5, 5.41) is 7.10. The van der Waals surface area contributed by atoms with E-state index >= 15 is 0 Å². The molecule has 50 valence electrons. The lowest BCUT2D eigenvalue weighted by Gasteiger charge is -1.78. The van der Waals surface area contributed by atoms with Crippen molar-refractivity contribution in [2.45, 2.75) is 0 Å². The van der Waals surface area contributed by atoms with Crippen molar-refractivity contribution in [1.82, 2.24) is 15.2 Å². The van der Waals surface area contributed by atoms with Crippen LogP contribution in [-0.4, -0.2) is 15.2 Å². The van der Waals surface area contributed by atoms with Crippen molar-refractivity contribution in [2.75, 3.05) is 0 Å². The molecule has 0 aliphatic heterocycles. The number of hydrogen-bond acceptors (Lipinski definition) is 5. The lowest BCUT2D eigenvalue weighted by atomic mass is 10.5. The minimum absolute atomic E-state index is 0.369. The van der Waals surface area contributed by atoms with Gasteiger partial charge in [-0.25, -0.2) is 4.98 Å². The molecule has 0 radical (unpaired) electrons. The Kier molecular flexibility index (Phi) is 1.00. The van der Waals surface area contributed by atoms with Crippen LogP contribution in [0.2, 0.25) is 0 Å². The van der Waals surface area contributed by atoms with Gasteiger partial charge >= 0.3 is 0 Å². The summed E-state index contributed by atoms with van der Waals surface area (Å²) in [7, 11) is 0. The maximum Gasteiger partial charge on any atom is 0.269 e. The van der Waals surface area contributed by atoms with Crippen LogP contribution >= 0.6 is 0 Å². The molecular weight excluding hydrogens is 134 g/mol. The molecule has 0 fully saturated rings. The molecule has 10 heavy (non-hydrogen) atoms. The fourth-order valence-corrected chi connectivity index (χ4v) is 0.603. The standard InChI is InChI=1S/C5H3N3O2/c1-4(6-2-9-1)5-8-7-3-10-5/h1-3H. The van der Waals surface area contributed by atoms with Gasteiger partial charge in [-0.3, -0.25) is 0 Å². The molecule has 0 bridgehead atoms. The third-order valence-electron chi connectivity index (χ3n) is 1.01. The SMILES string of the molecule is c1nc(-c2nnco2)co1. The van der Waals surface area contributed by atoms with E-state index in [9.17, 15) is 0 Å². The van der Waals surface area contributed by atoms with E-state index in [1.807, 2.05) is 0 Å². The lowest BCUT2D eigenvalue weighted by Crippen LogP contribution is -1.74. The molecule has 5 heteroatoms. The zero-order valence-electron chi connectivity index (χ0n) is 4.89. The Morgan fingerprint density at radius 2 is 2.30 bits per heavy atom. The van der Waals surface area contributed by atoms with Gasteiger partial charge in [-0.1, -0.05) is 0 Å². The van der Waals surface area contributed by atoms with Crippen molar-refractivity contribution >= 4 is 0 Å². The first-order valence-electron chi connectivity index (χ1n) is 2.61. The van der Waals surface area contributed by atoms with Crippen LogP contribution in [0.1, 0.15) is 0 Å². The molecule has 2 aromatic heterocycles. The topological polar surface area (TPSA) is 65.0 Å². The first-order valence-corrected chi connectivity index (χ1v) is 2.61. The Labute approximate surface area is 55.7 Å². The largest absolute Gasteiger partial charge is 0.451 e. The van der Waals surface area contributed by atoms with Crippen LogP contribution in [0.15, 0.2) is 27.9 Å². The molecular formula is C5H3N3O2. The van der Waals surface area contributed by atoms with Gasteiger partial charge in [0.15, 0.2) is 12.1 Å². The highest BCUT2D eigenvalue weighted by Crippen LogP contribution is 2.11. The predicted octanol–water partition coefficient (Wildman–Crippen LogP) is 0.725. The first kappa shape index (κ1) is 5.16. The van der Waals surface area contributed by atoms with Crippen LogP contribution in [0.25, 0.3) is 11.6 Å². The number of oxazole rings is 1. The molecule has 0 saturated carbocycles. The van der Waals surface area contributed by atoms with Gasteiger partial charge in [0.2, 0.25) is 6.39 Å². The molecule has 0 spiro atoms. The normalized spacial score (nSPS) is 10.0. The second kappa shape index (κ2) is 1.94. The zero-order valence-corrected chi connectivity index (χ0v) is 4.89. The Balaban J connectivity index is 2.48. The summed E-state index contributed by atoms with van der Waals surface area (Å²) in [5.74, 6) is 0.369. The van der Waals surface area contributed by atoms with Gasteiger partial charge in [-0.05, 0) is 0 Å². The zero-order chi connectivity index (χ0) is 6.81.